The van der Waals surface area contributed by atoms with E-state index in [1.54, 1.807) is 24.3 Å². The van der Waals surface area contributed by atoms with E-state index in [1.165, 1.54) is 6.92 Å². The number of halogens is 1. The van der Waals surface area contributed by atoms with Gasteiger partial charge in [-0.2, -0.15) is 0 Å². The fourth-order valence-electron chi connectivity index (χ4n) is 2.95. The molecule has 6 heteroatoms. The predicted octanol–water partition coefficient (Wildman–Crippen LogP) is 5.70. The first-order chi connectivity index (χ1) is 13.3. The summed E-state index contributed by atoms with van der Waals surface area (Å²) in [4.78, 5) is 25.0. The Balaban J connectivity index is 1.72. The number of carbonyl (C=O) groups is 2. The highest BCUT2D eigenvalue weighted by Crippen LogP contribution is 2.28. The van der Waals surface area contributed by atoms with Crippen molar-refractivity contribution in [2.45, 2.75) is 39.7 Å². The van der Waals surface area contributed by atoms with E-state index in [1.807, 2.05) is 25.1 Å². The number of anilines is 1. The Morgan fingerprint density at radius 2 is 1.86 bits per heavy atom. The Bertz CT molecular complexity index is 1040. The zero-order chi connectivity index (χ0) is 20.4. The number of furan rings is 1. The second kappa shape index (κ2) is 8.07. The van der Waals surface area contributed by atoms with Crippen molar-refractivity contribution >= 4 is 40.1 Å². The van der Waals surface area contributed by atoms with Gasteiger partial charge in [-0.25, -0.2) is 4.79 Å². The number of rotatable bonds is 5. The lowest BCUT2D eigenvalue weighted by Crippen LogP contribution is -2.30. The third kappa shape index (κ3) is 4.20. The lowest BCUT2D eigenvalue weighted by Gasteiger charge is -2.18. The number of esters is 1. The molecule has 0 saturated carbocycles. The minimum atomic E-state index is -0.982. The van der Waals surface area contributed by atoms with E-state index in [0.29, 0.717) is 16.0 Å². The van der Waals surface area contributed by atoms with Crippen LogP contribution in [0.15, 0.2) is 46.9 Å². The molecule has 1 aromatic heterocycles. The maximum Gasteiger partial charge on any atom is 0.375 e. The molecule has 0 bridgehead atoms. The zero-order valence-electron chi connectivity index (χ0n) is 16.2. The molecule has 0 radical (unpaired) electrons. The molecule has 1 atom stereocenters. The van der Waals surface area contributed by atoms with E-state index in [9.17, 15) is 9.59 Å². The molecular weight excluding hydrogens is 378 g/mol. The predicted molar refractivity (Wildman–Crippen MR) is 110 cm³/mol. The lowest BCUT2D eigenvalue weighted by atomic mass is 9.98. The lowest BCUT2D eigenvalue weighted by molar-refractivity contribution is -0.123. The van der Waals surface area contributed by atoms with Crippen LogP contribution in [0, 0.1) is 6.92 Å². The summed E-state index contributed by atoms with van der Waals surface area (Å²) < 4.78 is 10.8. The smallest absolute Gasteiger partial charge is 0.375 e. The largest absolute Gasteiger partial charge is 0.449 e. The van der Waals surface area contributed by atoms with Gasteiger partial charge in [0.05, 0.1) is 0 Å². The van der Waals surface area contributed by atoms with Crippen LogP contribution in [0.25, 0.3) is 11.0 Å². The summed E-state index contributed by atoms with van der Waals surface area (Å²) in [5.74, 6) is -0.835. The minimum Gasteiger partial charge on any atom is -0.449 e. The molecule has 1 N–H and O–H groups in total. The molecule has 1 amide bonds. The molecule has 0 unspecified atom stereocenters. The van der Waals surface area contributed by atoms with Gasteiger partial charge in [0.15, 0.2) is 6.10 Å². The molecule has 0 aliphatic carbocycles. The Hall–Kier alpha value is -2.79. The van der Waals surface area contributed by atoms with Crippen molar-refractivity contribution in [2.24, 2.45) is 0 Å². The average molecular weight is 400 g/mol. The summed E-state index contributed by atoms with van der Waals surface area (Å²) in [5.41, 5.74) is 3.26. The summed E-state index contributed by atoms with van der Waals surface area (Å²) >= 11 is 5.95. The van der Waals surface area contributed by atoms with Gasteiger partial charge in [-0.3, -0.25) is 4.79 Å². The number of hydrogen-bond acceptors (Lipinski definition) is 4. The monoisotopic (exact) mass is 399 g/mol. The van der Waals surface area contributed by atoms with Crippen LogP contribution >= 0.6 is 11.6 Å². The van der Waals surface area contributed by atoms with E-state index in [0.717, 1.165) is 16.8 Å². The van der Waals surface area contributed by atoms with Gasteiger partial charge in [-0.1, -0.05) is 43.6 Å². The summed E-state index contributed by atoms with van der Waals surface area (Å²) in [7, 11) is 0. The number of benzene rings is 2. The molecule has 0 aliphatic heterocycles. The summed E-state index contributed by atoms with van der Waals surface area (Å²) in [6.07, 6.45) is -0.982. The summed E-state index contributed by atoms with van der Waals surface area (Å²) in [5, 5.41) is 4.12. The van der Waals surface area contributed by atoms with E-state index in [4.69, 9.17) is 20.8 Å². The van der Waals surface area contributed by atoms with Gasteiger partial charge in [0.2, 0.25) is 5.76 Å². The first-order valence-electron chi connectivity index (χ1n) is 9.06. The number of para-hydroxylation sites is 1. The number of carbonyl (C=O) groups excluding carboxylic acids is 2. The number of aryl methyl sites for hydroxylation is 1. The maximum absolute atomic E-state index is 12.6. The molecule has 0 fully saturated rings. The zero-order valence-corrected chi connectivity index (χ0v) is 17.0. The van der Waals surface area contributed by atoms with Crippen LogP contribution < -0.4 is 5.32 Å². The fourth-order valence-corrected chi connectivity index (χ4v) is 3.13. The molecule has 1 heterocycles. The Labute approximate surface area is 168 Å². The quantitative estimate of drug-likeness (QED) is 0.558. The Morgan fingerprint density at radius 1 is 1.11 bits per heavy atom. The van der Waals surface area contributed by atoms with Crippen LogP contribution in [-0.4, -0.2) is 18.0 Å². The average Bonchev–Trinajstić information content (AvgIpc) is 3.06. The second-order valence-electron chi connectivity index (χ2n) is 7.02. The minimum absolute atomic E-state index is 0.0238. The van der Waals surface area contributed by atoms with Crippen molar-refractivity contribution in [3.8, 4) is 0 Å². The Kier molecular flexibility index (Phi) is 5.75. The molecule has 0 aliphatic rings. The van der Waals surface area contributed by atoms with Crippen molar-refractivity contribution in [3.63, 3.8) is 0 Å². The first-order valence-corrected chi connectivity index (χ1v) is 9.44. The van der Waals surface area contributed by atoms with Crippen molar-refractivity contribution in [3.05, 3.63) is 64.4 Å². The number of ether oxygens (including phenoxy) is 1. The van der Waals surface area contributed by atoms with Crippen LogP contribution in [-0.2, 0) is 9.53 Å². The van der Waals surface area contributed by atoms with Crippen molar-refractivity contribution in [1.82, 2.24) is 0 Å². The molecule has 0 spiro atoms. The van der Waals surface area contributed by atoms with Gasteiger partial charge in [0.25, 0.3) is 5.91 Å². The highest BCUT2D eigenvalue weighted by atomic mass is 35.5. The van der Waals surface area contributed by atoms with E-state index in [2.05, 4.69) is 19.2 Å². The number of amides is 1. The molecule has 0 saturated heterocycles. The summed E-state index contributed by atoms with van der Waals surface area (Å²) in [6.45, 7) is 7.57. The van der Waals surface area contributed by atoms with Gasteiger partial charge < -0.3 is 14.5 Å². The highest BCUT2D eigenvalue weighted by molar-refractivity contribution is 6.31. The SMILES string of the molecule is Cc1cccc(C(C)C)c1NC(=O)[C@H](C)OC(=O)c1cc2cc(Cl)ccc2o1. The summed E-state index contributed by atoms with van der Waals surface area (Å²) in [6, 6.07) is 12.5. The third-order valence-electron chi connectivity index (χ3n) is 4.51. The van der Waals surface area contributed by atoms with Gasteiger partial charge in [-0.05, 0) is 55.2 Å². The molecule has 3 rings (SSSR count). The Morgan fingerprint density at radius 3 is 2.57 bits per heavy atom. The molecule has 146 valence electrons. The van der Waals surface area contributed by atoms with Crippen molar-refractivity contribution in [2.75, 3.05) is 5.32 Å². The highest BCUT2D eigenvalue weighted by Gasteiger charge is 2.23. The van der Waals surface area contributed by atoms with Crippen LogP contribution in [0.1, 0.15) is 48.4 Å². The molecule has 28 heavy (non-hydrogen) atoms. The molecule has 2 aromatic carbocycles. The fraction of sp³-hybridized carbons (Fsp3) is 0.273. The van der Waals surface area contributed by atoms with Crippen LogP contribution in [0.3, 0.4) is 0 Å². The van der Waals surface area contributed by atoms with Gasteiger partial charge in [-0.15, -0.1) is 0 Å². The normalized spacial score (nSPS) is 12.2. The molecule has 5 nitrogen and oxygen atoms in total. The number of nitrogens with one attached hydrogen (secondary N) is 1. The first kappa shape index (κ1) is 20.0. The number of fused-ring (bicyclic) bond motifs is 1. The third-order valence-corrected chi connectivity index (χ3v) is 4.74. The van der Waals surface area contributed by atoms with E-state index < -0.39 is 18.0 Å². The van der Waals surface area contributed by atoms with E-state index in [-0.39, 0.29) is 11.7 Å². The van der Waals surface area contributed by atoms with Gasteiger partial charge >= 0.3 is 5.97 Å². The van der Waals surface area contributed by atoms with Gasteiger partial charge in [0, 0.05) is 16.1 Å². The topological polar surface area (TPSA) is 68.5 Å². The molecular formula is C22H22ClNO4. The van der Waals surface area contributed by atoms with Crippen LogP contribution in [0.4, 0.5) is 5.69 Å². The van der Waals surface area contributed by atoms with Crippen molar-refractivity contribution in [1.29, 1.82) is 0 Å². The van der Waals surface area contributed by atoms with Crippen molar-refractivity contribution < 1.29 is 18.7 Å². The van der Waals surface area contributed by atoms with Gasteiger partial charge in [0.1, 0.15) is 5.58 Å². The molecule has 3 aromatic rings. The van der Waals surface area contributed by atoms with Crippen LogP contribution in [0.2, 0.25) is 5.02 Å². The maximum atomic E-state index is 12.6. The standard InChI is InChI=1S/C22H22ClNO4/c1-12(2)17-7-5-6-13(3)20(17)24-21(25)14(4)27-22(26)19-11-15-10-16(23)8-9-18(15)28-19/h5-12,14H,1-4H3,(H,24,25)/t14-/m0/s1. The second-order valence-corrected chi connectivity index (χ2v) is 7.46. The van der Waals surface area contributed by atoms with E-state index >= 15 is 0 Å². The number of hydrogen-bond donors (Lipinski definition) is 1. The van der Waals surface area contributed by atoms with Crippen LogP contribution in [0.5, 0.6) is 0 Å².